The van der Waals surface area contributed by atoms with E-state index in [4.69, 9.17) is 0 Å². The highest BCUT2D eigenvalue weighted by Crippen LogP contribution is 2.17. The molecule has 3 heteroatoms. The SMILES string of the molecule is CNC1CCCN(CCc2cccc3cccnc23)C1. The Morgan fingerprint density at radius 3 is 3.10 bits per heavy atom. The van der Waals surface area contributed by atoms with Crippen LogP contribution in [0.1, 0.15) is 18.4 Å². The monoisotopic (exact) mass is 269 g/mol. The van der Waals surface area contributed by atoms with Gasteiger partial charge >= 0.3 is 0 Å². The van der Waals surface area contributed by atoms with E-state index in [1.807, 2.05) is 12.3 Å². The van der Waals surface area contributed by atoms with Gasteiger partial charge in [0.15, 0.2) is 0 Å². The van der Waals surface area contributed by atoms with Crippen LogP contribution in [-0.2, 0) is 6.42 Å². The number of benzene rings is 1. The van der Waals surface area contributed by atoms with Crippen LogP contribution in [0.25, 0.3) is 10.9 Å². The molecule has 0 saturated carbocycles. The molecule has 3 nitrogen and oxygen atoms in total. The summed E-state index contributed by atoms with van der Waals surface area (Å²) >= 11 is 0. The van der Waals surface area contributed by atoms with E-state index in [-0.39, 0.29) is 0 Å². The molecule has 1 aliphatic heterocycles. The number of hydrogen-bond donors (Lipinski definition) is 1. The number of pyridine rings is 1. The van der Waals surface area contributed by atoms with Crippen LogP contribution in [0.2, 0.25) is 0 Å². The molecule has 1 unspecified atom stereocenters. The topological polar surface area (TPSA) is 28.2 Å². The smallest absolute Gasteiger partial charge is 0.0734 e. The first-order valence-corrected chi connectivity index (χ1v) is 7.59. The molecule has 1 fully saturated rings. The second-order valence-corrected chi connectivity index (χ2v) is 5.67. The fourth-order valence-corrected chi connectivity index (χ4v) is 3.14. The highest BCUT2D eigenvalue weighted by atomic mass is 15.2. The Hall–Kier alpha value is -1.45. The summed E-state index contributed by atoms with van der Waals surface area (Å²) in [6, 6.07) is 11.3. The number of para-hydroxylation sites is 1. The zero-order chi connectivity index (χ0) is 13.8. The maximum Gasteiger partial charge on any atom is 0.0734 e. The number of aromatic nitrogens is 1. The summed E-state index contributed by atoms with van der Waals surface area (Å²) in [4.78, 5) is 7.12. The van der Waals surface area contributed by atoms with Gasteiger partial charge < -0.3 is 10.2 Å². The van der Waals surface area contributed by atoms with Gasteiger partial charge in [-0.15, -0.1) is 0 Å². The minimum atomic E-state index is 0.661. The summed E-state index contributed by atoms with van der Waals surface area (Å²) < 4.78 is 0. The van der Waals surface area contributed by atoms with Crippen LogP contribution in [0.5, 0.6) is 0 Å². The van der Waals surface area contributed by atoms with Crippen molar-refractivity contribution >= 4 is 10.9 Å². The molecule has 2 heterocycles. The highest BCUT2D eigenvalue weighted by molar-refractivity contribution is 5.81. The van der Waals surface area contributed by atoms with Crippen molar-refractivity contribution < 1.29 is 0 Å². The van der Waals surface area contributed by atoms with Gasteiger partial charge in [-0.05, 0) is 44.5 Å². The summed E-state index contributed by atoms with van der Waals surface area (Å²) in [6.07, 6.45) is 5.59. The fraction of sp³-hybridized carbons (Fsp3) is 0.471. The highest BCUT2D eigenvalue weighted by Gasteiger charge is 2.18. The first-order valence-electron chi connectivity index (χ1n) is 7.59. The van der Waals surface area contributed by atoms with E-state index in [1.165, 1.54) is 36.9 Å². The first-order chi connectivity index (χ1) is 9.86. The van der Waals surface area contributed by atoms with Crippen molar-refractivity contribution in [2.75, 3.05) is 26.7 Å². The zero-order valence-corrected chi connectivity index (χ0v) is 12.2. The van der Waals surface area contributed by atoms with E-state index in [1.54, 1.807) is 0 Å². The lowest BCUT2D eigenvalue weighted by atomic mass is 10.0. The average molecular weight is 269 g/mol. The minimum absolute atomic E-state index is 0.661. The number of likely N-dealkylation sites (tertiary alicyclic amines) is 1. The Bertz CT molecular complexity index is 562. The molecule has 1 aromatic carbocycles. The largest absolute Gasteiger partial charge is 0.316 e. The van der Waals surface area contributed by atoms with Crippen LogP contribution in [0.15, 0.2) is 36.5 Å². The lowest BCUT2D eigenvalue weighted by molar-refractivity contribution is 0.197. The predicted octanol–water partition coefficient (Wildman–Crippen LogP) is 2.46. The molecule has 1 aliphatic rings. The zero-order valence-electron chi connectivity index (χ0n) is 12.2. The average Bonchev–Trinajstić information content (AvgIpc) is 2.53. The first kappa shape index (κ1) is 13.5. The number of nitrogens with zero attached hydrogens (tertiary/aromatic N) is 2. The van der Waals surface area contributed by atoms with Gasteiger partial charge in [-0.3, -0.25) is 4.98 Å². The van der Waals surface area contributed by atoms with Gasteiger partial charge in [0.1, 0.15) is 0 Å². The Morgan fingerprint density at radius 1 is 1.30 bits per heavy atom. The number of hydrogen-bond acceptors (Lipinski definition) is 3. The molecule has 106 valence electrons. The van der Waals surface area contributed by atoms with Crippen LogP contribution in [0.3, 0.4) is 0 Å². The van der Waals surface area contributed by atoms with Crippen molar-refractivity contribution in [1.29, 1.82) is 0 Å². The Labute approximate surface area is 121 Å². The Balaban J connectivity index is 1.68. The molecule has 1 aromatic heterocycles. The summed E-state index contributed by atoms with van der Waals surface area (Å²) in [5.74, 6) is 0. The van der Waals surface area contributed by atoms with Crippen molar-refractivity contribution in [2.45, 2.75) is 25.3 Å². The molecule has 3 rings (SSSR count). The molecule has 1 N–H and O–H groups in total. The van der Waals surface area contributed by atoms with Crippen molar-refractivity contribution in [3.8, 4) is 0 Å². The predicted molar refractivity (Wildman–Crippen MR) is 84.0 cm³/mol. The molecule has 0 radical (unpaired) electrons. The molecule has 20 heavy (non-hydrogen) atoms. The van der Waals surface area contributed by atoms with Gasteiger partial charge in [0.25, 0.3) is 0 Å². The van der Waals surface area contributed by atoms with Crippen LogP contribution in [-0.4, -0.2) is 42.6 Å². The van der Waals surface area contributed by atoms with E-state index < -0.39 is 0 Å². The summed E-state index contributed by atoms with van der Waals surface area (Å²) in [6.45, 7) is 3.54. The molecule has 1 atom stereocenters. The van der Waals surface area contributed by atoms with Gasteiger partial charge in [-0.1, -0.05) is 24.3 Å². The molecule has 0 aliphatic carbocycles. The number of rotatable bonds is 4. The molecule has 2 aromatic rings. The van der Waals surface area contributed by atoms with E-state index in [9.17, 15) is 0 Å². The van der Waals surface area contributed by atoms with Gasteiger partial charge in [0, 0.05) is 30.7 Å². The van der Waals surface area contributed by atoms with Crippen molar-refractivity contribution in [3.63, 3.8) is 0 Å². The molecule has 0 bridgehead atoms. The lowest BCUT2D eigenvalue weighted by Crippen LogP contribution is -2.44. The third-order valence-electron chi connectivity index (χ3n) is 4.33. The number of fused-ring (bicyclic) bond motifs is 1. The van der Waals surface area contributed by atoms with E-state index in [0.717, 1.165) is 18.5 Å². The third-order valence-corrected chi connectivity index (χ3v) is 4.33. The lowest BCUT2D eigenvalue weighted by Gasteiger charge is -2.32. The molecule has 1 saturated heterocycles. The summed E-state index contributed by atoms with van der Waals surface area (Å²) in [5, 5.41) is 4.65. The molecule has 0 spiro atoms. The molecule has 0 amide bonds. The second kappa shape index (κ2) is 6.33. The molecular weight excluding hydrogens is 246 g/mol. The van der Waals surface area contributed by atoms with E-state index >= 15 is 0 Å². The normalized spacial score (nSPS) is 20.4. The van der Waals surface area contributed by atoms with E-state index in [0.29, 0.717) is 6.04 Å². The number of piperidine rings is 1. The van der Waals surface area contributed by atoms with Crippen molar-refractivity contribution in [2.24, 2.45) is 0 Å². The Morgan fingerprint density at radius 2 is 2.20 bits per heavy atom. The Kier molecular flexibility index (Phi) is 4.28. The second-order valence-electron chi connectivity index (χ2n) is 5.67. The van der Waals surface area contributed by atoms with Crippen LogP contribution < -0.4 is 5.32 Å². The van der Waals surface area contributed by atoms with Crippen LogP contribution in [0.4, 0.5) is 0 Å². The van der Waals surface area contributed by atoms with Crippen LogP contribution >= 0.6 is 0 Å². The van der Waals surface area contributed by atoms with Crippen LogP contribution in [0, 0.1) is 0 Å². The quantitative estimate of drug-likeness (QED) is 0.924. The van der Waals surface area contributed by atoms with Gasteiger partial charge in [0.05, 0.1) is 5.52 Å². The summed E-state index contributed by atoms with van der Waals surface area (Å²) in [7, 11) is 2.07. The number of nitrogens with one attached hydrogen (secondary N) is 1. The fourth-order valence-electron chi connectivity index (χ4n) is 3.14. The van der Waals surface area contributed by atoms with Crippen molar-refractivity contribution in [1.82, 2.24) is 15.2 Å². The maximum atomic E-state index is 4.55. The minimum Gasteiger partial charge on any atom is -0.316 e. The summed E-state index contributed by atoms with van der Waals surface area (Å²) in [5.41, 5.74) is 2.53. The maximum absolute atomic E-state index is 4.55. The standard InChI is InChI=1S/C17H23N3/c1-18-16-8-4-11-20(13-16)12-9-15-6-2-5-14-7-3-10-19-17(14)15/h2-3,5-7,10,16,18H,4,8-9,11-13H2,1H3. The number of likely N-dealkylation sites (N-methyl/N-ethyl adjacent to an activating group) is 1. The van der Waals surface area contributed by atoms with Gasteiger partial charge in [-0.25, -0.2) is 0 Å². The van der Waals surface area contributed by atoms with Gasteiger partial charge in [0.2, 0.25) is 0 Å². The molecular formula is C17H23N3. The van der Waals surface area contributed by atoms with Crippen molar-refractivity contribution in [3.05, 3.63) is 42.1 Å². The van der Waals surface area contributed by atoms with E-state index in [2.05, 4.69) is 46.5 Å². The van der Waals surface area contributed by atoms with Gasteiger partial charge in [-0.2, -0.15) is 0 Å². The third kappa shape index (κ3) is 3.00.